The Morgan fingerprint density at radius 1 is 1.09 bits per heavy atom. The van der Waals surface area contributed by atoms with Crippen LogP contribution >= 0.6 is 11.6 Å². The van der Waals surface area contributed by atoms with Crippen LogP contribution in [0.3, 0.4) is 0 Å². The fourth-order valence-corrected chi connectivity index (χ4v) is 5.16. The third kappa shape index (κ3) is 4.82. The van der Waals surface area contributed by atoms with E-state index in [0.29, 0.717) is 42.8 Å². The molecule has 34 heavy (non-hydrogen) atoms. The molecule has 3 aliphatic rings. The van der Waals surface area contributed by atoms with Gasteiger partial charge in [-0.1, -0.05) is 23.7 Å². The molecule has 5 rings (SSSR count). The van der Waals surface area contributed by atoms with E-state index in [0.717, 1.165) is 42.8 Å². The normalized spacial score (nSPS) is 22.8. The molecule has 4 heterocycles. The number of carbonyl (C=O) groups excluding carboxylic acids is 3. The van der Waals surface area contributed by atoms with Crippen LogP contribution in [0.4, 0.5) is 0 Å². The number of carbonyl (C=O) groups is 3. The van der Waals surface area contributed by atoms with Crippen molar-refractivity contribution in [1.29, 1.82) is 0 Å². The van der Waals surface area contributed by atoms with Gasteiger partial charge >= 0.3 is 0 Å². The number of nitrogens with zero attached hydrogens (tertiary/aromatic N) is 4. The first-order valence-electron chi connectivity index (χ1n) is 11.7. The Hall–Kier alpha value is -2.88. The molecule has 178 valence electrons. The molecule has 9 nitrogen and oxygen atoms in total. The minimum Gasteiger partial charge on any atom is -0.322 e. The second kappa shape index (κ2) is 9.77. The van der Waals surface area contributed by atoms with Crippen LogP contribution in [0, 0.1) is 0 Å². The zero-order valence-corrected chi connectivity index (χ0v) is 19.6. The highest BCUT2D eigenvalue weighted by molar-refractivity contribution is 6.29. The van der Waals surface area contributed by atoms with Gasteiger partial charge in [0.05, 0.1) is 5.69 Å². The number of rotatable bonds is 6. The Bertz CT molecular complexity index is 1100. The fraction of sp³-hybridized carbons (Fsp3) is 0.458. The van der Waals surface area contributed by atoms with Crippen LogP contribution < -0.4 is 10.6 Å². The first-order valence-corrected chi connectivity index (χ1v) is 12.0. The van der Waals surface area contributed by atoms with Gasteiger partial charge in [0, 0.05) is 44.2 Å². The maximum absolute atomic E-state index is 13.0. The molecule has 3 aliphatic heterocycles. The molecule has 2 fully saturated rings. The summed E-state index contributed by atoms with van der Waals surface area (Å²) in [7, 11) is 0. The maximum Gasteiger partial charge on any atom is 0.255 e. The van der Waals surface area contributed by atoms with Gasteiger partial charge in [0.2, 0.25) is 11.8 Å². The molecular formula is C24H27ClN6O3. The van der Waals surface area contributed by atoms with Crippen molar-refractivity contribution in [3.8, 4) is 0 Å². The van der Waals surface area contributed by atoms with Crippen LogP contribution in [0.1, 0.15) is 52.9 Å². The smallest absolute Gasteiger partial charge is 0.255 e. The first-order chi connectivity index (χ1) is 16.5. The van der Waals surface area contributed by atoms with Crippen LogP contribution in [0.5, 0.6) is 0 Å². The van der Waals surface area contributed by atoms with Gasteiger partial charge in [-0.15, -0.1) is 5.10 Å². The molecule has 0 radical (unpaired) electrons. The van der Waals surface area contributed by atoms with Crippen molar-refractivity contribution in [3.05, 3.63) is 57.9 Å². The van der Waals surface area contributed by atoms with Gasteiger partial charge in [0.25, 0.3) is 5.91 Å². The summed E-state index contributed by atoms with van der Waals surface area (Å²) in [6, 6.07) is 9.33. The van der Waals surface area contributed by atoms with Gasteiger partial charge in [-0.3, -0.25) is 24.6 Å². The Morgan fingerprint density at radius 3 is 2.71 bits per heavy atom. The van der Waals surface area contributed by atoms with E-state index in [2.05, 4.69) is 31.8 Å². The van der Waals surface area contributed by atoms with Gasteiger partial charge in [-0.25, -0.2) is 0 Å². The second-order valence-corrected chi connectivity index (χ2v) is 9.53. The maximum atomic E-state index is 13.0. The molecule has 1 aromatic heterocycles. The van der Waals surface area contributed by atoms with Crippen LogP contribution in [-0.2, 0) is 29.2 Å². The van der Waals surface area contributed by atoms with Gasteiger partial charge < -0.3 is 10.2 Å². The van der Waals surface area contributed by atoms with Crippen molar-refractivity contribution in [1.82, 2.24) is 30.6 Å². The highest BCUT2D eigenvalue weighted by atomic mass is 35.5. The van der Waals surface area contributed by atoms with E-state index in [1.165, 1.54) is 0 Å². The molecule has 0 saturated carbocycles. The van der Waals surface area contributed by atoms with Crippen molar-refractivity contribution in [3.63, 3.8) is 0 Å². The monoisotopic (exact) mass is 482 g/mol. The SMILES string of the molecule is O=C1CCC(N2Cc3cc(CN(Cc4ccc(Cl)nn4)C4CCCNC4)ccc3C2=O)C(=O)N1. The highest BCUT2D eigenvalue weighted by Crippen LogP contribution is 2.29. The van der Waals surface area contributed by atoms with Gasteiger partial charge in [-0.2, -0.15) is 5.10 Å². The number of hydrogen-bond acceptors (Lipinski definition) is 7. The molecule has 3 amide bonds. The number of hydrogen-bond donors (Lipinski definition) is 2. The highest BCUT2D eigenvalue weighted by Gasteiger charge is 2.39. The summed E-state index contributed by atoms with van der Waals surface area (Å²) in [5.74, 6) is -0.825. The predicted molar refractivity (Wildman–Crippen MR) is 125 cm³/mol. The van der Waals surface area contributed by atoms with E-state index in [9.17, 15) is 14.4 Å². The van der Waals surface area contributed by atoms with E-state index in [1.807, 2.05) is 18.2 Å². The van der Waals surface area contributed by atoms with Gasteiger partial charge in [0.1, 0.15) is 6.04 Å². The third-order valence-electron chi connectivity index (χ3n) is 6.81. The zero-order valence-electron chi connectivity index (χ0n) is 18.8. The van der Waals surface area contributed by atoms with Crippen molar-refractivity contribution in [2.24, 2.45) is 0 Å². The topological polar surface area (TPSA) is 108 Å². The first kappa shape index (κ1) is 22.9. The minimum atomic E-state index is -0.602. The molecule has 0 aliphatic carbocycles. The Morgan fingerprint density at radius 2 is 1.97 bits per heavy atom. The number of benzene rings is 1. The van der Waals surface area contributed by atoms with Crippen LogP contribution in [0.15, 0.2) is 30.3 Å². The molecule has 2 aromatic rings. The van der Waals surface area contributed by atoms with E-state index in [4.69, 9.17) is 11.6 Å². The number of halogens is 1. The van der Waals surface area contributed by atoms with Crippen molar-refractivity contribution in [2.45, 2.75) is 57.4 Å². The molecule has 2 N–H and O–H groups in total. The van der Waals surface area contributed by atoms with E-state index >= 15 is 0 Å². The summed E-state index contributed by atoms with van der Waals surface area (Å²) in [5, 5.41) is 14.4. The molecule has 0 spiro atoms. The minimum absolute atomic E-state index is 0.152. The molecule has 0 bridgehead atoms. The molecular weight excluding hydrogens is 456 g/mol. The number of fused-ring (bicyclic) bond motifs is 1. The van der Waals surface area contributed by atoms with Crippen molar-refractivity contribution < 1.29 is 14.4 Å². The Labute approximate surface area is 202 Å². The van der Waals surface area contributed by atoms with Gasteiger partial charge in [-0.05, 0) is 55.1 Å². The molecule has 2 atom stereocenters. The summed E-state index contributed by atoms with van der Waals surface area (Å²) in [4.78, 5) is 40.8. The summed E-state index contributed by atoms with van der Waals surface area (Å²) < 4.78 is 0. The molecule has 10 heteroatoms. The van der Waals surface area contributed by atoms with Crippen LogP contribution in [0.2, 0.25) is 5.15 Å². The summed E-state index contributed by atoms with van der Waals surface area (Å²) in [6.07, 6.45) is 2.83. The van der Waals surface area contributed by atoms with E-state index in [-0.39, 0.29) is 18.2 Å². The molecule has 1 aromatic carbocycles. The molecule has 2 unspecified atom stereocenters. The number of nitrogens with one attached hydrogen (secondary N) is 2. The lowest BCUT2D eigenvalue weighted by atomic mass is 10.0. The summed E-state index contributed by atoms with van der Waals surface area (Å²) in [5.41, 5.74) is 3.50. The average molecular weight is 483 g/mol. The Balaban J connectivity index is 1.33. The number of imide groups is 1. The van der Waals surface area contributed by atoms with Gasteiger partial charge in [0.15, 0.2) is 5.15 Å². The molecule has 2 saturated heterocycles. The van der Waals surface area contributed by atoms with Crippen molar-refractivity contribution >= 4 is 29.3 Å². The van der Waals surface area contributed by atoms with Crippen molar-refractivity contribution in [2.75, 3.05) is 13.1 Å². The fourth-order valence-electron chi connectivity index (χ4n) is 5.06. The average Bonchev–Trinajstić information content (AvgIpc) is 3.16. The number of aromatic nitrogens is 2. The number of piperidine rings is 2. The lowest BCUT2D eigenvalue weighted by molar-refractivity contribution is -0.136. The lowest BCUT2D eigenvalue weighted by Crippen LogP contribution is -2.52. The third-order valence-corrected chi connectivity index (χ3v) is 7.01. The Kier molecular flexibility index (Phi) is 6.58. The predicted octanol–water partition coefficient (Wildman–Crippen LogP) is 1.65. The number of amides is 3. The van der Waals surface area contributed by atoms with Crippen LogP contribution in [0.25, 0.3) is 0 Å². The van der Waals surface area contributed by atoms with E-state index in [1.54, 1.807) is 11.0 Å². The largest absolute Gasteiger partial charge is 0.322 e. The summed E-state index contributed by atoms with van der Waals surface area (Å²) >= 11 is 5.91. The summed E-state index contributed by atoms with van der Waals surface area (Å²) in [6.45, 7) is 3.67. The standard InChI is InChI=1S/C24H27ClN6O3/c25-21-7-4-17(28-29-21)14-30(18-2-1-9-26-11-18)12-15-3-5-19-16(10-15)13-31(24(19)34)20-6-8-22(32)27-23(20)33/h3-5,7,10,18,20,26H,1-2,6,8-9,11-14H2,(H,27,32,33). The van der Waals surface area contributed by atoms with Crippen LogP contribution in [-0.4, -0.2) is 62.9 Å². The lowest BCUT2D eigenvalue weighted by Gasteiger charge is -2.34. The zero-order chi connectivity index (χ0) is 23.7. The van der Waals surface area contributed by atoms with E-state index < -0.39 is 11.9 Å². The second-order valence-electron chi connectivity index (χ2n) is 9.14. The quantitative estimate of drug-likeness (QED) is 0.603.